The number of hydrogen-bond donors (Lipinski definition) is 0. The van der Waals surface area contributed by atoms with E-state index in [9.17, 15) is 0 Å². The molecular formula is C42H84N2. The Balaban J connectivity index is 1.78. The Labute approximate surface area is 280 Å². The topological polar surface area (TPSA) is 6.48 Å². The van der Waals surface area contributed by atoms with E-state index in [2.05, 4.69) is 43.0 Å². The first kappa shape index (κ1) is 41.4. The largest absolute Gasteiger partial charge is 0.356 e. The molecule has 0 aromatic heterocycles. The van der Waals surface area contributed by atoms with Gasteiger partial charge in [0.1, 0.15) is 0 Å². The van der Waals surface area contributed by atoms with Crippen LogP contribution < -0.4 is 0 Å². The van der Waals surface area contributed by atoms with Crippen molar-refractivity contribution in [2.75, 3.05) is 13.1 Å². The Bertz CT molecular complexity index is 524. The van der Waals surface area contributed by atoms with Crippen LogP contribution >= 0.6 is 0 Å². The summed E-state index contributed by atoms with van der Waals surface area (Å²) >= 11 is 0. The van der Waals surface area contributed by atoms with Gasteiger partial charge < -0.3 is 9.80 Å². The van der Waals surface area contributed by atoms with E-state index in [-0.39, 0.29) is 0 Å². The van der Waals surface area contributed by atoms with Crippen molar-refractivity contribution in [2.24, 2.45) is 0 Å². The standard InChI is InChI=1S/C42H84N2/c1-4-6-8-10-12-14-16-18-20-22-24-26-28-30-32-34-36-38-43-40-41-44(42(43)3)39-37-35-33-31-29-27-25-23-21-19-17-15-13-11-9-7-5-2/h40-42H,4-39H2,1-3H3. The second-order valence-electron chi connectivity index (χ2n) is 14.7. The summed E-state index contributed by atoms with van der Waals surface area (Å²) in [4.78, 5) is 5.16. The Morgan fingerprint density at radius 2 is 0.477 bits per heavy atom. The summed E-state index contributed by atoms with van der Waals surface area (Å²) in [6, 6.07) is 0. The smallest absolute Gasteiger partial charge is 0.0977 e. The molecule has 0 aliphatic carbocycles. The van der Waals surface area contributed by atoms with Crippen molar-refractivity contribution in [3.05, 3.63) is 12.4 Å². The lowest BCUT2D eigenvalue weighted by Crippen LogP contribution is -2.36. The molecule has 0 N–H and O–H groups in total. The lowest BCUT2D eigenvalue weighted by atomic mass is 10.0. The second kappa shape index (κ2) is 33.7. The van der Waals surface area contributed by atoms with E-state index in [1.165, 1.54) is 231 Å². The molecule has 1 aliphatic heterocycles. The Morgan fingerprint density at radius 1 is 0.295 bits per heavy atom. The molecule has 0 amide bonds. The number of hydrogen-bond acceptors (Lipinski definition) is 2. The van der Waals surface area contributed by atoms with Crippen molar-refractivity contribution >= 4 is 0 Å². The highest BCUT2D eigenvalue weighted by atomic mass is 15.4. The molecule has 1 heterocycles. The van der Waals surface area contributed by atoms with Crippen molar-refractivity contribution in [1.82, 2.24) is 9.80 Å². The predicted octanol–water partition coefficient (Wildman–Crippen LogP) is 14.7. The zero-order chi connectivity index (χ0) is 31.6. The third-order valence-electron chi connectivity index (χ3n) is 10.4. The first-order chi connectivity index (χ1) is 21.8. The van der Waals surface area contributed by atoms with Gasteiger partial charge in [0.05, 0.1) is 6.17 Å². The zero-order valence-electron chi connectivity index (χ0n) is 31.1. The van der Waals surface area contributed by atoms with E-state index in [1.54, 1.807) is 0 Å². The van der Waals surface area contributed by atoms with Crippen LogP contribution in [0.15, 0.2) is 12.4 Å². The lowest BCUT2D eigenvalue weighted by molar-refractivity contribution is 0.165. The fraction of sp³-hybridized carbons (Fsp3) is 0.952. The van der Waals surface area contributed by atoms with E-state index in [0.29, 0.717) is 6.17 Å². The summed E-state index contributed by atoms with van der Waals surface area (Å²) < 4.78 is 0. The molecule has 0 saturated heterocycles. The molecule has 0 aromatic rings. The Hall–Kier alpha value is -0.660. The Kier molecular flexibility index (Phi) is 31.7. The van der Waals surface area contributed by atoms with Gasteiger partial charge in [-0.15, -0.1) is 0 Å². The normalized spacial score (nSPS) is 13.6. The molecule has 1 rings (SSSR count). The van der Waals surface area contributed by atoms with Crippen LogP contribution in [-0.2, 0) is 0 Å². The quantitative estimate of drug-likeness (QED) is 0.0646. The SMILES string of the molecule is CCCCCCCCCCCCCCCCCCCN1C=CN(CCCCCCCCCCCCCCCCCCC)C1C. The number of unbranched alkanes of at least 4 members (excludes halogenated alkanes) is 32. The van der Waals surface area contributed by atoms with E-state index < -0.39 is 0 Å². The molecule has 2 nitrogen and oxygen atoms in total. The van der Waals surface area contributed by atoms with Crippen LogP contribution in [0.3, 0.4) is 0 Å². The molecule has 1 aliphatic rings. The van der Waals surface area contributed by atoms with Crippen LogP contribution in [0.2, 0.25) is 0 Å². The first-order valence-electron chi connectivity index (χ1n) is 21.0. The fourth-order valence-electron chi connectivity index (χ4n) is 7.17. The van der Waals surface area contributed by atoms with E-state index in [4.69, 9.17) is 0 Å². The fourth-order valence-corrected chi connectivity index (χ4v) is 7.17. The summed E-state index contributed by atoms with van der Waals surface area (Å²) in [6.45, 7) is 9.50. The van der Waals surface area contributed by atoms with Crippen LogP contribution in [-0.4, -0.2) is 29.1 Å². The van der Waals surface area contributed by atoms with E-state index >= 15 is 0 Å². The zero-order valence-corrected chi connectivity index (χ0v) is 31.1. The van der Waals surface area contributed by atoms with Crippen molar-refractivity contribution in [3.8, 4) is 0 Å². The Morgan fingerprint density at radius 3 is 0.682 bits per heavy atom. The average molecular weight is 617 g/mol. The number of rotatable bonds is 36. The molecule has 0 saturated carbocycles. The van der Waals surface area contributed by atoms with Crippen LogP contribution in [0.25, 0.3) is 0 Å². The lowest BCUT2D eigenvalue weighted by Gasteiger charge is -2.30. The van der Waals surface area contributed by atoms with Crippen molar-refractivity contribution < 1.29 is 0 Å². The molecule has 0 aromatic carbocycles. The molecule has 0 spiro atoms. The summed E-state index contributed by atoms with van der Waals surface area (Å²) in [5, 5.41) is 0. The molecule has 0 atom stereocenters. The van der Waals surface area contributed by atoms with Gasteiger partial charge >= 0.3 is 0 Å². The second-order valence-corrected chi connectivity index (χ2v) is 14.7. The van der Waals surface area contributed by atoms with Crippen LogP contribution in [0.5, 0.6) is 0 Å². The highest BCUT2D eigenvalue weighted by Crippen LogP contribution is 2.19. The summed E-state index contributed by atoms with van der Waals surface area (Å²) in [5.41, 5.74) is 0. The summed E-state index contributed by atoms with van der Waals surface area (Å²) in [5.74, 6) is 0. The first-order valence-corrected chi connectivity index (χ1v) is 21.0. The number of nitrogens with zero attached hydrogens (tertiary/aromatic N) is 2. The van der Waals surface area contributed by atoms with Crippen molar-refractivity contribution in [3.63, 3.8) is 0 Å². The van der Waals surface area contributed by atoms with Gasteiger partial charge in [-0.25, -0.2) is 0 Å². The van der Waals surface area contributed by atoms with Gasteiger partial charge in [0.15, 0.2) is 0 Å². The maximum atomic E-state index is 2.58. The molecule has 44 heavy (non-hydrogen) atoms. The van der Waals surface area contributed by atoms with Gasteiger partial charge in [-0.2, -0.15) is 0 Å². The minimum absolute atomic E-state index is 0.567. The maximum absolute atomic E-state index is 2.58. The van der Waals surface area contributed by atoms with Gasteiger partial charge in [-0.05, 0) is 19.8 Å². The van der Waals surface area contributed by atoms with E-state index in [0.717, 1.165) is 0 Å². The van der Waals surface area contributed by atoms with Gasteiger partial charge in [-0.1, -0.05) is 219 Å². The molecule has 0 fully saturated rings. The van der Waals surface area contributed by atoms with Gasteiger partial charge in [-0.3, -0.25) is 0 Å². The molecule has 262 valence electrons. The van der Waals surface area contributed by atoms with E-state index in [1.807, 2.05) is 0 Å². The minimum atomic E-state index is 0.567. The molecule has 0 bridgehead atoms. The summed E-state index contributed by atoms with van der Waals surface area (Å²) in [7, 11) is 0. The van der Waals surface area contributed by atoms with Crippen molar-refractivity contribution in [2.45, 2.75) is 245 Å². The third kappa shape index (κ3) is 26.5. The van der Waals surface area contributed by atoms with Gasteiger partial charge in [0.25, 0.3) is 0 Å². The van der Waals surface area contributed by atoms with Crippen LogP contribution in [0.4, 0.5) is 0 Å². The van der Waals surface area contributed by atoms with Crippen LogP contribution in [0, 0.1) is 0 Å². The van der Waals surface area contributed by atoms with Crippen molar-refractivity contribution in [1.29, 1.82) is 0 Å². The van der Waals surface area contributed by atoms with Crippen LogP contribution in [0.1, 0.15) is 239 Å². The highest BCUT2D eigenvalue weighted by Gasteiger charge is 2.20. The maximum Gasteiger partial charge on any atom is 0.0977 e. The summed E-state index contributed by atoms with van der Waals surface area (Å²) in [6.07, 6.45) is 54.7. The molecule has 2 heteroatoms. The molecular weight excluding hydrogens is 532 g/mol. The van der Waals surface area contributed by atoms with Gasteiger partial charge in [0, 0.05) is 25.5 Å². The monoisotopic (exact) mass is 617 g/mol. The predicted molar refractivity (Wildman–Crippen MR) is 200 cm³/mol. The third-order valence-corrected chi connectivity index (χ3v) is 10.4. The van der Waals surface area contributed by atoms with Gasteiger partial charge in [0.2, 0.25) is 0 Å². The minimum Gasteiger partial charge on any atom is -0.356 e. The highest BCUT2D eigenvalue weighted by molar-refractivity contribution is 4.95. The molecule has 0 unspecified atom stereocenters. The molecule has 0 radical (unpaired) electrons. The average Bonchev–Trinajstić information content (AvgIpc) is 3.38.